The molecule has 1 aromatic carbocycles. The van der Waals surface area contributed by atoms with Gasteiger partial charge in [-0.2, -0.15) is 0 Å². The van der Waals surface area contributed by atoms with Crippen LogP contribution in [-0.2, 0) is 0 Å². The minimum atomic E-state index is 0.121. The largest absolute Gasteiger partial charge is 0.304 e. The fourth-order valence-corrected chi connectivity index (χ4v) is 1.50. The van der Waals surface area contributed by atoms with Crippen molar-refractivity contribution in [3.63, 3.8) is 0 Å². The van der Waals surface area contributed by atoms with E-state index >= 15 is 0 Å². The molecule has 0 saturated heterocycles. The van der Waals surface area contributed by atoms with Gasteiger partial charge in [0.05, 0.1) is 0 Å². The maximum absolute atomic E-state index is 7.72. The predicted molar refractivity (Wildman–Crippen MR) is 65.0 cm³/mol. The number of hydrogen-bond donors (Lipinski definition) is 1. The van der Waals surface area contributed by atoms with E-state index in [1.807, 2.05) is 42.5 Å². The van der Waals surface area contributed by atoms with Crippen LogP contribution >= 0.6 is 0 Å². The number of rotatable bonds is 2. The van der Waals surface area contributed by atoms with E-state index in [1.54, 1.807) is 0 Å². The fraction of sp³-hybridized carbons (Fsp3) is 0.0714. The van der Waals surface area contributed by atoms with Crippen molar-refractivity contribution in [1.29, 1.82) is 5.41 Å². The van der Waals surface area contributed by atoms with Crippen LogP contribution in [0.3, 0.4) is 0 Å². The minimum absolute atomic E-state index is 0.121. The lowest BCUT2D eigenvalue weighted by Gasteiger charge is -2.08. The lowest BCUT2D eigenvalue weighted by molar-refractivity contribution is 1.12. The summed E-state index contributed by atoms with van der Waals surface area (Å²) >= 11 is 0. The number of allylic oxidation sites excluding steroid dienone is 5. The van der Waals surface area contributed by atoms with Crippen LogP contribution in [0.4, 0.5) is 0 Å². The van der Waals surface area contributed by atoms with E-state index in [0.29, 0.717) is 5.71 Å². The van der Waals surface area contributed by atoms with Gasteiger partial charge >= 0.3 is 0 Å². The lowest BCUT2D eigenvalue weighted by atomic mass is 9.97. The highest BCUT2D eigenvalue weighted by Gasteiger charge is 2.06. The van der Waals surface area contributed by atoms with Gasteiger partial charge in [-0.15, -0.1) is 0 Å². The van der Waals surface area contributed by atoms with Gasteiger partial charge in [0, 0.05) is 11.6 Å². The molecule has 0 bridgehead atoms. The quantitative estimate of drug-likeness (QED) is 0.747. The molecule has 0 amide bonds. The summed E-state index contributed by atoms with van der Waals surface area (Å²) in [5.74, 6) is 0.121. The second-order valence-corrected chi connectivity index (χ2v) is 3.49. The highest BCUT2D eigenvalue weighted by Crippen LogP contribution is 2.12. The van der Waals surface area contributed by atoms with Crippen LogP contribution < -0.4 is 0 Å². The Labute approximate surface area is 90.0 Å². The Morgan fingerprint density at radius 3 is 2.60 bits per heavy atom. The van der Waals surface area contributed by atoms with Crippen LogP contribution in [0.1, 0.15) is 5.56 Å². The first-order chi connectivity index (χ1) is 7.36. The summed E-state index contributed by atoms with van der Waals surface area (Å²) in [6, 6.07) is 10.1. The molecule has 0 radical (unpaired) electrons. The Morgan fingerprint density at radius 2 is 1.87 bits per heavy atom. The normalized spacial score (nSPS) is 20.0. The van der Waals surface area contributed by atoms with Crippen molar-refractivity contribution in [2.75, 3.05) is 0 Å². The molecule has 2 rings (SSSR count). The van der Waals surface area contributed by atoms with Gasteiger partial charge < -0.3 is 5.41 Å². The third kappa shape index (κ3) is 2.53. The molecule has 0 aromatic heterocycles. The van der Waals surface area contributed by atoms with Crippen LogP contribution in [0.25, 0.3) is 6.08 Å². The van der Waals surface area contributed by atoms with Crippen LogP contribution in [0.5, 0.6) is 0 Å². The number of benzene rings is 1. The first kappa shape index (κ1) is 9.66. The molecule has 1 aromatic rings. The van der Waals surface area contributed by atoms with Gasteiger partial charge in [0.25, 0.3) is 0 Å². The van der Waals surface area contributed by atoms with Gasteiger partial charge in [0.2, 0.25) is 0 Å². The van der Waals surface area contributed by atoms with Gasteiger partial charge in [-0.1, -0.05) is 60.7 Å². The van der Waals surface area contributed by atoms with E-state index < -0.39 is 0 Å². The lowest BCUT2D eigenvalue weighted by Crippen LogP contribution is -2.07. The van der Waals surface area contributed by atoms with E-state index in [2.05, 4.69) is 24.3 Å². The molecule has 0 fully saturated rings. The second kappa shape index (κ2) is 4.56. The van der Waals surface area contributed by atoms with Crippen LogP contribution in [0.15, 0.2) is 60.7 Å². The zero-order valence-corrected chi connectivity index (χ0v) is 8.43. The van der Waals surface area contributed by atoms with Crippen LogP contribution in [0.2, 0.25) is 0 Å². The number of hydrogen-bond acceptors (Lipinski definition) is 1. The average molecular weight is 195 g/mol. The molecule has 0 heterocycles. The summed E-state index contributed by atoms with van der Waals surface area (Å²) in [6.45, 7) is 0. The van der Waals surface area contributed by atoms with E-state index in [1.165, 1.54) is 5.56 Å². The van der Waals surface area contributed by atoms with Crippen molar-refractivity contribution >= 4 is 11.8 Å². The minimum Gasteiger partial charge on any atom is -0.304 e. The van der Waals surface area contributed by atoms with Gasteiger partial charge in [0.1, 0.15) is 0 Å². The van der Waals surface area contributed by atoms with Crippen molar-refractivity contribution in [2.24, 2.45) is 5.92 Å². The van der Waals surface area contributed by atoms with Crippen molar-refractivity contribution in [3.8, 4) is 0 Å². The Bertz CT molecular complexity index is 424. The zero-order chi connectivity index (χ0) is 10.5. The average Bonchev–Trinajstić information content (AvgIpc) is 2.29. The Kier molecular flexibility index (Phi) is 2.93. The fourth-order valence-electron chi connectivity index (χ4n) is 1.50. The van der Waals surface area contributed by atoms with Crippen molar-refractivity contribution in [1.82, 2.24) is 0 Å². The molecule has 1 atom stereocenters. The predicted octanol–water partition coefficient (Wildman–Crippen LogP) is 3.46. The molecule has 1 aliphatic carbocycles. The van der Waals surface area contributed by atoms with Crippen LogP contribution in [0, 0.1) is 11.3 Å². The maximum Gasteiger partial charge on any atom is 0.0420 e. The van der Waals surface area contributed by atoms with Gasteiger partial charge in [0.15, 0.2) is 0 Å². The molecular weight excluding hydrogens is 182 g/mol. The van der Waals surface area contributed by atoms with Gasteiger partial charge in [-0.3, -0.25) is 0 Å². The van der Waals surface area contributed by atoms with Crippen molar-refractivity contribution in [2.45, 2.75) is 0 Å². The molecule has 0 unspecified atom stereocenters. The molecule has 1 aliphatic rings. The highest BCUT2D eigenvalue weighted by atomic mass is 14.4. The SMILES string of the molecule is N=C1C=CC=C[C@@H]1/C=C\c1ccccc1. The molecule has 1 heteroatoms. The second-order valence-electron chi connectivity index (χ2n) is 3.49. The standard InChI is InChI=1S/C14H13N/c15-14-9-5-4-8-13(14)11-10-12-6-2-1-3-7-12/h1-11,13,15H/b11-10-,15-14?/t13-/m1/s1. The summed E-state index contributed by atoms with van der Waals surface area (Å²) < 4.78 is 0. The molecule has 15 heavy (non-hydrogen) atoms. The molecule has 1 N–H and O–H groups in total. The van der Waals surface area contributed by atoms with Crippen molar-refractivity contribution in [3.05, 3.63) is 66.3 Å². The van der Waals surface area contributed by atoms with E-state index in [0.717, 1.165) is 0 Å². The molecule has 0 spiro atoms. The van der Waals surface area contributed by atoms with Gasteiger partial charge in [-0.25, -0.2) is 0 Å². The first-order valence-corrected chi connectivity index (χ1v) is 5.03. The smallest absolute Gasteiger partial charge is 0.0420 e. The Balaban J connectivity index is 2.09. The molecule has 0 saturated carbocycles. The van der Waals surface area contributed by atoms with E-state index in [4.69, 9.17) is 5.41 Å². The van der Waals surface area contributed by atoms with E-state index in [9.17, 15) is 0 Å². The van der Waals surface area contributed by atoms with E-state index in [-0.39, 0.29) is 5.92 Å². The number of nitrogens with one attached hydrogen (secondary N) is 1. The van der Waals surface area contributed by atoms with Gasteiger partial charge in [-0.05, 0) is 11.6 Å². The monoisotopic (exact) mass is 195 g/mol. The molecular formula is C14H13N. The maximum atomic E-state index is 7.72. The summed E-state index contributed by atoms with van der Waals surface area (Å²) in [7, 11) is 0. The van der Waals surface area contributed by atoms with Crippen LogP contribution in [-0.4, -0.2) is 5.71 Å². The third-order valence-electron chi connectivity index (χ3n) is 2.36. The zero-order valence-electron chi connectivity index (χ0n) is 8.43. The topological polar surface area (TPSA) is 23.9 Å². The molecule has 0 aliphatic heterocycles. The summed E-state index contributed by atoms with van der Waals surface area (Å²) in [5, 5.41) is 7.72. The summed E-state index contributed by atoms with van der Waals surface area (Å²) in [4.78, 5) is 0. The summed E-state index contributed by atoms with van der Waals surface area (Å²) in [5.41, 5.74) is 1.82. The first-order valence-electron chi connectivity index (χ1n) is 5.03. The molecule has 74 valence electrons. The third-order valence-corrected chi connectivity index (χ3v) is 2.36. The van der Waals surface area contributed by atoms with Crippen molar-refractivity contribution < 1.29 is 0 Å². The highest BCUT2D eigenvalue weighted by molar-refractivity contribution is 5.98. The molecule has 1 nitrogen and oxygen atoms in total. The Morgan fingerprint density at radius 1 is 1.07 bits per heavy atom. The summed E-state index contributed by atoms with van der Waals surface area (Å²) in [6.07, 6.45) is 11.9. The Hall–Kier alpha value is -1.89.